The van der Waals surface area contributed by atoms with E-state index in [1.807, 2.05) is 12.1 Å². The highest BCUT2D eigenvalue weighted by atomic mass is 79.9. The van der Waals surface area contributed by atoms with Gasteiger partial charge in [-0.1, -0.05) is 19.8 Å². The number of Topliss-reactive ketones (excluding diaryl/α,β-unsaturated/α-hetero) is 1. The second-order valence-corrected chi connectivity index (χ2v) is 5.76. The molecule has 1 aliphatic rings. The molecule has 0 saturated heterocycles. The molecular weight excluding hydrogens is 278 g/mol. The van der Waals surface area contributed by atoms with Crippen molar-refractivity contribution in [3.8, 4) is 0 Å². The molecule has 0 aliphatic heterocycles. The first-order chi connectivity index (χ1) is 8.09. The third kappa shape index (κ3) is 2.25. The van der Waals surface area contributed by atoms with Gasteiger partial charge < -0.3 is 5.73 Å². The van der Waals surface area contributed by atoms with Crippen LogP contribution in [-0.4, -0.2) is 5.78 Å². The number of rotatable bonds is 3. The Balaban J connectivity index is 2.36. The van der Waals surface area contributed by atoms with Crippen molar-refractivity contribution in [1.29, 1.82) is 0 Å². The van der Waals surface area contributed by atoms with Gasteiger partial charge in [0.15, 0.2) is 5.78 Å². The van der Waals surface area contributed by atoms with E-state index in [1.165, 1.54) is 12.8 Å². The van der Waals surface area contributed by atoms with Crippen LogP contribution in [0.25, 0.3) is 0 Å². The Morgan fingerprint density at radius 3 is 2.59 bits per heavy atom. The third-order valence-electron chi connectivity index (χ3n) is 3.96. The van der Waals surface area contributed by atoms with Crippen LogP contribution in [0.15, 0.2) is 22.7 Å². The van der Waals surface area contributed by atoms with Gasteiger partial charge in [-0.25, -0.2) is 0 Å². The standard InChI is InChI=1S/C14H18BrNO/c1-2-14(7-3-4-8-14)13(17)11-6-5-10(16)9-12(11)15/h5-6,9H,2-4,7-8,16H2,1H3. The summed E-state index contributed by atoms with van der Waals surface area (Å²) in [4.78, 5) is 12.7. The number of carbonyl (C=O) groups excluding carboxylic acids is 1. The Labute approximate surface area is 111 Å². The van der Waals surface area contributed by atoms with Crippen LogP contribution >= 0.6 is 15.9 Å². The summed E-state index contributed by atoms with van der Waals surface area (Å²) in [6.45, 7) is 2.12. The van der Waals surface area contributed by atoms with E-state index in [9.17, 15) is 4.79 Å². The van der Waals surface area contributed by atoms with Gasteiger partial charge in [0.2, 0.25) is 0 Å². The number of nitrogen functional groups attached to an aromatic ring is 1. The maximum Gasteiger partial charge on any atom is 0.170 e. The fraction of sp³-hybridized carbons (Fsp3) is 0.500. The van der Waals surface area contributed by atoms with Gasteiger partial charge in [0.05, 0.1) is 0 Å². The number of ketones is 1. The highest BCUT2D eigenvalue weighted by molar-refractivity contribution is 9.10. The molecule has 0 spiro atoms. The Hall–Kier alpha value is -0.830. The minimum Gasteiger partial charge on any atom is -0.399 e. The van der Waals surface area contributed by atoms with Crippen molar-refractivity contribution in [1.82, 2.24) is 0 Å². The molecule has 0 radical (unpaired) electrons. The summed E-state index contributed by atoms with van der Waals surface area (Å²) in [6, 6.07) is 5.46. The summed E-state index contributed by atoms with van der Waals surface area (Å²) in [6.07, 6.45) is 5.33. The van der Waals surface area contributed by atoms with E-state index in [-0.39, 0.29) is 11.2 Å². The molecule has 0 unspecified atom stereocenters. The molecule has 1 aliphatic carbocycles. The highest BCUT2D eigenvalue weighted by Gasteiger charge is 2.40. The fourth-order valence-corrected chi connectivity index (χ4v) is 3.37. The molecule has 2 nitrogen and oxygen atoms in total. The second-order valence-electron chi connectivity index (χ2n) is 4.91. The van der Waals surface area contributed by atoms with E-state index in [4.69, 9.17) is 5.73 Å². The third-order valence-corrected chi connectivity index (χ3v) is 4.61. The van der Waals surface area contributed by atoms with Gasteiger partial charge in [0, 0.05) is 21.1 Å². The van der Waals surface area contributed by atoms with Crippen LogP contribution in [0.2, 0.25) is 0 Å². The Bertz CT molecular complexity index is 436. The zero-order valence-corrected chi connectivity index (χ0v) is 11.7. The smallest absolute Gasteiger partial charge is 0.170 e. The summed E-state index contributed by atoms with van der Waals surface area (Å²) in [5.74, 6) is 0.282. The lowest BCUT2D eigenvalue weighted by atomic mass is 9.76. The molecule has 1 aromatic carbocycles. The first kappa shape index (κ1) is 12.6. The van der Waals surface area contributed by atoms with Crippen molar-refractivity contribution >= 4 is 27.4 Å². The molecule has 2 rings (SSSR count). The van der Waals surface area contributed by atoms with Crippen LogP contribution < -0.4 is 5.73 Å². The fourth-order valence-electron chi connectivity index (χ4n) is 2.79. The molecule has 2 N–H and O–H groups in total. The summed E-state index contributed by atoms with van der Waals surface area (Å²) in [5.41, 5.74) is 7.04. The van der Waals surface area contributed by atoms with Gasteiger partial charge in [0.25, 0.3) is 0 Å². The summed E-state index contributed by atoms with van der Waals surface area (Å²) >= 11 is 3.45. The molecule has 0 atom stereocenters. The van der Waals surface area contributed by atoms with E-state index >= 15 is 0 Å². The van der Waals surface area contributed by atoms with Crippen molar-refractivity contribution in [2.75, 3.05) is 5.73 Å². The van der Waals surface area contributed by atoms with Crippen LogP contribution in [-0.2, 0) is 0 Å². The number of benzene rings is 1. The van der Waals surface area contributed by atoms with Gasteiger partial charge in [0.1, 0.15) is 0 Å². The van der Waals surface area contributed by atoms with E-state index < -0.39 is 0 Å². The zero-order chi connectivity index (χ0) is 12.5. The predicted molar refractivity (Wildman–Crippen MR) is 74.1 cm³/mol. The van der Waals surface area contributed by atoms with Crippen molar-refractivity contribution < 1.29 is 4.79 Å². The van der Waals surface area contributed by atoms with Gasteiger partial charge in [-0.2, -0.15) is 0 Å². The van der Waals surface area contributed by atoms with Gasteiger partial charge in [-0.15, -0.1) is 0 Å². The quantitative estimate of drug-likeness (QED) is 0.671. The topological polar surface area (TPSA) is 43.1 Å². The predicted octanol–water partition coefficient (Wildman–Crippen LogP) is 4.18. The summed E-state index contributed by atoms with van der Waals surface area (Å²) in [5, 5.41) is 0. The highest BCUT2D eigenvalue weighted by Crippen LogP contribution is 2.44. The molecule has 3 heteroatoms. The van der Waals surface area contributed by atoms with E-state index in [1.54, 1.807) is 6.07 Å². The van der Waals surface area contributed by atoms with Crippen LogP contribution in [0.4, 0.5) is 5.69 Å². The van der Waals surface area contributed by atoms with Gasteiger partial charge in [-0.05, 0) is 53.4 Å². The molecule has 0 amide bonds. The van der Waals surface area contributed by atoms with Crippen molar-refractivity contribution in [2.24, 2.45) is 5.41 Å². The van der Waals surface area contributed by atoms with Crippen LogP contribution in [0, 0.1) is 5.41 Å². The number of nitrogens with two attached hydrogens (primary N) is 1. The number of hydrogen-bond acceptors (Lipinski definition) is 2. The second kappa shape index (κ2) is 4.81. The molecule has 17 heavy (non-hydrogen) atoms. The van der Waals surface area contributed by atoms with Crippen molar-refractivity contribution in [3.63, 3.8) is 0 Å². The normalized spacial score (nSPS) is 18.2. The van der Waals surface area contributed by atoms with E-state index in [0.29, 0.717) is 5.69 Å². The van der Waals surface area contributed by atoms with Crippen LogP contribution in [0.1, 0.15) is 49.4 Å². The molecular formula is C14H18BrNO. The minimum atomic E-state index is -0.126. The SMILES string of the molecule is CCC1(C(=O)c2ccc(N)cc2Br)CCCC1. The minimum absolute atomic E-state index is 0.126. The Kier molecular flexibility index (Phi) is 3.57. The molecule has 0 bridgehead atoms. The van der Waals surface area contributed by atoms with E-state index in [0.717, 1.165) is 29.3 Å². The van der Waals surface area contributed by atoms with Gasteiger partial charge in [-0.3, -0.25) is 4.79 Å². The monoisotopic (exact) mass is 295 g/mol. The maximum atomic E-state index is 12.7. The number of carbonyl (C=O) groups is 1. The first-order valence-corrected chi connectivity index (χ1v) is 6.98. The lowest BCUT2D eigenvalue weighted by Crippen LogP contribution is -2.27. The van der Waals surface area contributed by atoms with Crippen LogP contribution in [0.3, 0.4) is 0 Å². The average molecular weight is 296 g/mol. The molecule has 0 aromatic heterocycles. The average Bonchev–Trinajstić information content (AvgIpc) is 2.78. The Morgan fingerprint density at radius 1 is 1.41 bits per heavy atom. The van der Waals surface area contributed by atoms with Crippen LogP contribution in [0.5, 0.6) is 0 Å². The molecule has 1 saturated carbocycles. The lowest BCUT2D eigenvalue weighted by Gasteiger charge is -2.26. The molecule has 0 heterocycles. The first-order valence-electron chi connectivity index (χ1n) is 6.19. The van der Waals surface area contributed by atoms with Gasteiger partial charge >= 0.3 is 0 Å². The number of anilines is 1. The maximum absolute atomic E-state index is 12.7. The summed E-state index contributed by atoms with van der Waals surface area (Å²) in [7, 11) is 0. The zero-order valence-electron chi connectivity index (χ0n) is 10.1. The number of hydrogen-bond donors (Lipinski definition) is 1. The number of halogens is 1. The molecule has 1 fully saturated rings. The molecule has 92 valence electrons. The molecule has 1 aromatic rings. The lowest BCUT2D eigenvalue weighted by molar-refractivity contribution is 0.0790. The van der Waals surface area contributed by atoms with Crippen molar-refractivity contribution in [2.45, 2.75) is 39.0 Å². The Morgan fingerprint density at radius 2 is 2.06 bits per heavy atom. The van der Waals surface area contributed by atoms with Crippen molar-refractivity contribution in [3.05, 3.63) is 28.2 Å². The summed E-state index contributed by atoms with van der Waals surface area (Å²) < 4.78 is 0.822. The largest absolute Gasteiger partial charge is 0.399 e. The van der Waals surface area contributed by atoms with E-state index in [2.05, 4.69) is 22.9 Å².